The van der Waals surface area contributed by atoms with Crippen molar-refractivity contribution in [1.29, 1.82) is 0 Å². The molecule has 6 heteroatoms. The van der Waals surface area contributed by atoms with Crippen LogP contribution in [-0.2, 0) is 4.79 Å². The topological polar surface area (TPSA) is 23.6 Å². The number of benzene rings is 2. The van der Waals surface area contributed by atoms with Crippen molar-refractivity contribution < 1.29 is 4.79 Å². The number of hydrogen-bond acceptors (Lipinski definition) is 2. The molecule has 0 unspecified atom stereocenters. The van der Waals surface area contributed by atoms with Gasteiger partial charge in [0.2, 0.25) is 5.91 Å². The molecule has 1 amide bonds. The summed E-state index contributed by atoms with van der Waals surface area (Å²) in [5.74, 6) is 0.101. The van der Waals surface area contributed by atoms with Gasteiger partial charge in [-0.25, -0.2) is 0 Å². The van der Waals surface area contributed by atoms with Gasteiger partial charge in [-0.1, -0.05) is 71.8 Å². The fourth-order valence-corrected chi connectivity index (χ4v) is 3.87. The van der Waals surface area contributed by atoms with Crippen LogP contribution < -0.4 is 0 Å². The summed E-state index contributed by atoms with van der Waals surface area (Å²) in [6.07, 6.45) is 6.62. The molecule has 1 aliphatic heterocycles. The van der Waals surface area contributed by atoms with E-state index in [1.54, 1.807) is 12.1 Å². The average molecular weight is 454 g/mol. The Labute approximate surface area is 189 Å². The maximum atomic E-state index is 12.9. The van der Waals surface area contributed by atoms with Crippen molar-refractivity contribution in [3.63, 3.8) is 0 Å². The first-order chi connectivity index (χ1) is 13.5. The number of amides is 1. The minimum absolute atomic E-state index is 0. The Kier molecular flexibility index (Phi) is 9.51. The van der Waals surface area contributed by atoms with Crippen LogP contribution in [0.3, 0.4) is 0 Å². The lowest BCUT2D eigenvalue weighted by atomic mass is 10.0. The van der Waals surface area contributed by atoms with Gasteiger partial charge in [-0.15, -0.1) is 12.4 Å². The maximum absolute atomic E-state index is 12.9. The molecule has 1 aliphatic rings. The van der Waals surface area contributed by atoms with E-state index in [1.807, 2.05) is 48.4 Å². The third-order valence-corrected chi connectivity index (χ3v) is 5.96. The Morgan fingerprint density at radius 3 is 2.45 bits per heavy atom. The van der Waals surface area contributed by atoms with E-state index in [-0.39, 0.29) is 24.4 Å². The summed E-state index contributed by atoms with van der Waals surface area (Å²) >= 11 is 12.0. The second-order valence-electron chi connectivity index (χ2n) is 7.22. The van der Waals surface area contributed by atoms with E-state index in [0.29, 0.717) is 16.5 Å². The minimum atomic E-state index is 0. The molecule has 0 radical (unpaired) electrons. The van der Waals surface area contributed by atoms with Gasteiger partial charge in [0.05, 0.1) is 16.1 Å². The smallest absolute Gasteiger partial charge is 0.226 e. The number of hydrogen-bond donors (Lipinski definition) is 0. The van der Waals surface area contributed by atoms with Crippen LogP contribution in [0, 0.1) is 0 Å². The molecule has 1 atom stereocenters. The molecule has 1 heterocycles. The lowest BCUT2D eigenvalue weighted by Crippen LogP contribution is -2.38. The average Bonchev–Trinajstić information content (AvgIpc) is 3.22. The van der Waals surface area contributed by atoms with Crippen molar-refractivity contribution in [1.82, 2.24) is 9.80 Å². The molecule has 3 rings (SSSR count). The van der Waals surface area contributed by atoms with Crippen molar-refractivity contribution in [3.8, 4) is 0 Å². The van der Waals surface area contributed by atoms with Gasteiger partial charge in [0.1, 0.15) is 0 Å². The summed E-state index contributed by atoms with van der Waals surface area (Å²) in [5, 5.41) is 1.05. The van der Waals surface area contributed by atoms with Gasteiger partial charge < -0.3 is 9.80 Å². The van der Waals surface area contributed by atoms with Gasteiger partial charge in [0, 0.05) is 20.0 Å². The molecule has 2 aromatic carbocycles. The van der Waals surface area contributed by atoms with Crippen LogP contribution >= 0.6 is 35.6 Å². The van der Waals surface area contributed by atoms with Crippen molar-refractivity contribution in [2.45, 2.75) is 25.3 Å². The number of nitrogens with zero attached hydrogens (tertiary/aromatic N) is 2. The standard InChI is InChI=1S/C23H26Cl2N2O.ClH/c1-26(23(28)11-7-8-18-12-13-20(24)21(25)16-18)22(17-27-14-5-6-15-27)19-9-3-2-4-10-19;/h2-4,7-10,12-13,16,22H,5-6,11,14-15,17H2,1H3;1H/b8-7+;/t22-;/m1./s1. The molecule has 1 saturated heterocycles. The zero-order valence-electron chi connectivity index (χ0n) is 16.6. The largest absolute Gasteiger partial charge is 0.337 e. The number of halogens is 3. The highest BCUT2D eigenvalue weighted by Gasteiger charge is 2.24. The molecule has 29 heavy (non-hydrogen) atoms. The van der Waals surface area contributed by atoms with E-state index in [4.69, 9.17) is 23.2 Å². The van der Waals surface area contributed by atoms with E-state index < -0.39 is 0 Å². The van der Waals surface area contributed by atoms with Crippen LogP contribution in [0.2, 0.25) is 10.0 Å². The highest BCUT2D eigenvalue weighted by atomic mass is 35.5. The molecule has 0 bridgehead atoms. The Bertz CT molecular complexity index is 820. The van der Waals surface area contributed by atoms with Gasteiger partial charge in [-0.2, -0.15) is 0 Å². The Morgan fingerprint density at radius 2 is 1.79 bits per heavy atom. The lowest BCUT2D eigenvalue weighted by molar-refractivity contribution is -0.131. The Balaban J connectivity index is 0.00000300. The molecule has 156 valence electrons. The normalized spacial score (nSPS) is 15.3. The molecular weight excluding hydrogens is 427 g/mol. The molecule has 0 N–H and O–H groups in total. The van der Waals surface area contributed by atoms with Gasteiger partial charge in [-0.3, -0.25) is 4.79 Å². The van der Waals surface area contributed by atoms with E-state index >= 15 is 0 Å². The van der Waals surface area contributed by atoms with E-state index in [2.05, 4.69) is 17.0 Å². The first-order valence-corrected chi connectivity index (χ1v) is 10.4. The van der Waals surface area contributed by atoms with Gasteiger partial charge in [0.25, 0.3) is 0 Å². The second kappa shape index (κ2) is 11.6. The third kappa shape index (κ3) is 6.75. The van der Waals surface area contributed by atoms with E-state index in [9.17, 15) is 4.79 Å². The van der Waals surface area contributed by atoms with Crippen molar-refractivity contribution in [2.75, 3.05) is 26.7 Å². The predicted octanol–water partition coefficient (Wildman–Crippen LogP) is 6.11. The Morgan fingerprint density at radius 1 is 1.10 bits per heavy atom. The van der Waals surface area contributed by atoms with Crippen LogP contribution in [0.5, 0.6) is 0 Å². The number of likely N-dealkylation sites (N-methyl/N-ethyl adjacent to an activating group) is 1. The highest BCUT2D eigenvalue weighted by molar-refractivity contribution is 6.42. The molecule has 0 aromatic heterocycles. The molecule has 0 saturated carbocycles. The summed E-state index contributed by atoms with van der Waals surface area (Å²) in [7, 11) is 1.91. The first-order valence-electron chi connectivity index (χ1n) is 9.69. The zero-order chi connectivity index (χ0) is 19.9. The molecule has 1 fully saturated rings. The second-order valence-corrected chi connectivity index (χ2v) is 8.03. The highest BCUT2D eigenvalue weighted by Crippen LogP contribution is 2.25. The monoisotopic (exact) mass is 452 g/mol. The van der Waals surface area contributed by atoms with E-state index in [1.165, 1.54) is 18.4 Å². The predicted molar refractivity (Wildman–Crippen MR) is 125 cm³/mol. The quantitative estimate of drug-likeness (QED) is 0.504. The minimum Gasteiger partial charge on any atom is -0.337 e. The fraction of sp³-hybridized carbons (Fsp3) is 0.348. The first kappa shape index (κ1) is 23.8. The summed E-state index contributed by atoms with van der Waals surface area (Å²) in [4.78, 5) is 17.2. The van der Waals surface area contributed by atoms with Crippen LogP contribution in [0.4, 0.5) is 0 Å². The number of likely N-dealkylation sites (tertiary alicyclic amines) is 1. The number of rotatable bonds is 7. The van der Waals surface area contributed by atoms with Gasteiger partial charge >= 0.3 is 0 Å². The van der Waals surface area contributed by atoms with Crippen LogP contribution in [-0.4, -0.2) is 42.4 Å². The van der Waals surface area contributed by atoms with Crippen LogP contribution in [0.25, 0.3) is 6.08 Å². The lowest BCUT2D eigenvalue weighted by Gasteiger charge is -2.32. The summed E-state index contributed by atoms with van der Waals surface area (Å²) in [6, 6.07) is 15.8. The SMILES string of the molecule is CN(C(=O)C/C=C/c1ccc(Cl)c(Cl)c1)[C@H](CN1CCCC1)c1ccccc1.Cl. The molecule has 0 spiro atoms. The molecule has 3 nitrogen and oxygen atoms in total. The molecule has 0 aliphatic carbocycles. The number of carbonyl (C=O) groups is 1. The van der Waals surface area contributed by atoms with Crippen molar-refractivity contribution in [3.05, 3.63) is 75.8 Å². The van der Waals surface area contributed by atoms with Gasteiger partial charge in [-0.05, 0) is 49.2 Å². The summed E-state index contributed by atoms with van der Waals surface area (Å²) < 4.78 is 0. The van der Waals surface area contributed by atoms with Gasteiger partial charge in [0.15, 0.2) is 0 Å². The fourth-order valence-electron chi connectivity index (χ4n) is 3.57. The van der Waals surface area contributed by atoms with E-state index in [0.717, 1.165) is 25.2 Å². The van der Waals surface area contributed by atoms with Crippen LogP contribution in [0.1, 0.15) is 36.4 Å². The third-order valence-electron chi connectivity index (χ3n) is 5.22. The zero-order valence-corrected chi connectivity index (χ0v) is 18.9. The molecular formula is C23H27Cl3N2O. The maximum Gasteiger partial charge on any atom is 0.226 e. The number of carbonyl (C=O) groups excluding carboxylic acids is 1. The summed E-state index contributed by atoms with van der Waals surface area (Å²) in [5.41, 5.74) is 2.11. The summed E-state index contributed by atoms with van der Waals surface area (Å²) in [6.45, 7) is 3.11. The van der Waals surface area contributed by atoms with Crippen LogP contribution in [0.15, 0.2) is 54.6 Å². The van der Waals surface area contributed by atoms with Crippen molar-refractivity contribution >= 4 is 47.6 Å². The molecule has 2 aromatic rings. The Hall–Kier alpha value is -1.52. The van der Waals surface area contributed by atoms with Crippen molar-refractivity contribution in [2.24, 2.45) is 0 Å².